The Kier molecular flexibility index (Phi) is 8.15. The van der Waals surface area contributed by atoms with E-state index in [0.29, 0.717) is 11.9 Å². The van der Waals surface area contributed by atoms with Gasteiger partial charge in [-0.15, -0.1) is 0 Å². The Morgan fingerprint density at radius 1 is 1.06 bits per heavy atom. The van der Waals surface area contributed by atoms with Gasteiger partial charge in [0.15, 0.2) is 0 Å². The van der Waals surface area contributed by atoms with Crippen LogP contribution in [-0.4, -0.2) is 33.3 Å². The fourth-order valence-electron chi connectivity index (χ4n) is 2.78. The molecule has 1 radical (unpaired) electrons. The molecule has 4 heteroatoms. The molecule has 2 unspecified atom stereocenters. The fraction of sp³-hybridized carbons (Fsp3) is 0.929. The highest BCUT2D eigenvalue weighted by molar-refractivity contribution is 6.73. The zero-order valence-corrected chi connectivity index (χ0v) is 11.9. The van der Waals surface area contributed by atoms with E-state index in [4.69, 9.17) is 4.74 Å². The molecule has 0 spiro atoms. The third-order valence-corrected chi connectivity index (χ3v) is 3.99. The lowest BCUT2D eigenvalue weighted by atomic mass is 9.60. The number of methoxy groups -OCH3 is 1. The minimum atomic E-state index is -0.167. The first-order chi connectivity index (χ1) is 8.76. The molecule has 2 atom stereocenters. The lowest BCUT2D eigenvalue weighted by Gasteiger charge is -2.17. The van der Waals surface area contributed by atoms with Gasteiger partial charge in [0.25, 0.3) is 7.28 Å². The molecule has 0 amide bonds. The summed E-state index contributed by atoms with van der Waals surface area (Å²) in [4.78, 5) is 11.3. The van der Waals surface area contributed by atoms with E-state index in [1.165, 1.54) is 52.1 Å². The lowest BCUT2D eigenvalue weighted by molar-refractivity contribution is 0.197. The van der Waals surface area contributed by atoms with E-state index in [9.17, 15) is 4.79 Å². The van der Waals surface area contributed by atoms with Crippen LogP contribution in [0.25, 0.3) is 0 Å². The molecule has 1 N–H and O–H groups in total. The lowest BCUT2D eigenvalue weighted by Crippen LogP contribution is -2.25. The van der Waals surface area contributed by atoms with Crippen molar-refractivity contribution in [3.05, 3.63) is 0 Å². The Hall–Kier alpha value is -0.505. The number of nitrogens with one attached hydrogen (secondary N) is 1. The Bertz CT molecular complexity index is 236. The molecule has 1 fully saturated rings. The van der Waals surface area contributed by atoms with Crippen molar-refractivity contribution in [2.45, 2.75) is 69.6 Å². The maximum atomic E-state index is 11.3. The van der Waals surface area contributed by atoms with Crippen molar-refractivity contribution in [3.8, 4) is 0 Å². The van der Waals surface area contributed by atoms with E-state index in [-0.39, 0.29) is 5.87 Å². The molecule has 103 valence electrons. The van der Waals surface area contributed by atoms with E-state index in [0.717, 1.165) is 12.8 Å². The highest BCUT2D eigenvalue weighted by Gasteiger charge is 2.18. The second kappa shape index (κ2) is 9.43. The molecule has 1 aliphatic rings. The van der Waals surface area contributed by atoms with Gasteiger partial charge in [-0.25, -0.2) is 0 Å². The van der Waals surface area contributed by atoms with Crippen molar-refractivity contribution in [2.75, 3.05) is 14.2 Å². The minimum Gasteiger partial charge on any atom is -0.477 e. The van der Waals surface area contributed by atoms with E-state index in [1.807, 2.05) is 0 Å². The summed E-state index contributed by atoms with van der Waals surface area (Å²) in [6.45, 7) is 0. The Labute approximate surface area is 112 Å². The Balaban J connectivity index is 2.40. The van der Waals surface area contributed by atoms with Crippen LogP contribution < -0.4 is 5.32 Å². The van der Waals surface area contributed by atoms with Crippen molar-refractivity contribution in [1.29, 1.82) is 0 Å². The van der Waals surface area contributed by atoms with Crippen molar-refractivity contribution in [2.24, 2.45) is 0 Å². The molecule has 1 aliphatic carbocycles. The van der Waals surface area contributed by atoms with Crippen LogP contribution >= 0.6 is 0 Å². The third-order valence-electron chi connectivity index (χ3n) is 3.99. The van der Waals surface area contributed by atoms with E-state index in [2.05, 4.69) is 12.4 Å². The Morgan fingerprint density at radius 2 is 1.67 bits per heavy atom. The van der Waals surface area contributed by atoms with Gasteiger partial charge in [-0.2, -0.15) is 0 Å². The number of hydrogen-bond acceptors (Lipinski definition) is 3. The monoisotopic (exact) mass is 252 g/mol. The molecule has 0 aromatic carbocycles. The van der Waals surface area contributed by atoms with Gasteiger partial charge in [0, 0.05) is 6.04 Å². The van der Waals surface area contributed by atoms with Crippen LogP contribution in [-0.2, 0) is 4.74 Å². The smallest absolute Gasteiger partial charge is 0.264 e. The van der Waals surface area contributed by atoms with Gasteiger partial charge in [0.2, 0.25) is 5.87 Å². The van der Waals surface area contributed by atoms with Crippen LogP contribution in [0, 0.1) is 0 Å². The molecule has 1 saturated carbocycles. The summed E-state index contributed by atoms with van der Waals surface area (Å²) in [5.41, 5.74) is 0. The number of hydrogen-bond donors (Lipinski definition) is 1. The number of carbonyl (C=O) groups excluding carboxylic acids is 1. The second-order valence-corrected chi connectivity index (χ2v) is 5.36. The summed E-state index contributed by atoms with van der Waals surface area (Å²) in [5.74, 6) is 0.244. The summed E-state index contributed by atoms with van der Waals surface area (Å²) < 4.78 is 4.74. The van der Waals surface area contributed by atoms with Crippen LogP contribution in [0.4, 0.5) is 4.79 Å². The third kappa shape index (κ3) is 6.43. The molecule has 0 bridgehead atoms. The zero-order chi connectivity index (χ0) is 13.2. The molecule has 0 saturated heterocycles. The van der Waals surface area contributed by atoms with Crippen LogP contribution in [0.2, 0.25) is 5.82 Å². The summed E-state index contributed by atoms with van der Waals surface area (Å²) in [6, 6.07) is 0.655. The molecule has 18 heavy (non-hydrogen) atoms. The van der Waals surface area contributed by atoms with E-state index >= 15 is 0 Å². The first kappa shape index (κ1) is 15.6. The molecule has 1 rings (SSSR count). The predicted octanol–water partition coefficient (Wildman–Crippen LogP) is 3.36. The van der Waals surface area contributed by atoms with Gasteiger partial charge >= 0.3 is 0 Å². The van der Waals surface area contributed by atoms with Crippen molar-refractivity contribution >= 4 is 13.1 Å². The molecular formula is C14H27BNO2. The van der Waals surface area contributed by atoms with Crippen LogP contribution in [0.1, 0.15) is 57.8 Å². The molecule has 0 aromatic rings. The topological polar surface area (TPSA) is 38.3 Å². The normalized spacial score (nSPS) is 27.0. The van der Waals surface area contributed by atoms with Crippen LogP contribution in [0.3, 0.4) is 0 Å². The van der Waals surface area contributed by atoms with Gasteiger partial charge in [-0.05, 0) is 19.9 Å². The van der Waals surface area contributed by atoms with E-state index in [1.54, 1.807) is 7.28 Å². The largest absolute Gasteiger partial charge is 0.477 e. The Morgan fingerprint density at radius 3 is 2.33 bits per heavy atom. The van der Waals surface area contributed by atoms with Crippen LogP contribution in [0.5, 0.6) is 0 Å². The average molecular weight is 252 g/mol. The van der Waals surface area contributed by atoms with Gasteiger partial charge in [-0.3, -0.25) is 4.79 Å². The maximum absolute atomic E-state index is 11.3. The summed E-state index contributed by atoms with van der Waals surface area (Å²) in [7, 11) is 5.30. The highest BCUT2D eigenvalue weighted by Crippen LogP contribution is 2.25. The summed E-state index contributed by atoms with van der Waals surface area (Å²) in [5, 5.41) is 3.41. The van der Waals surface area contributed by atoms with Crippen molar-refractivity contribution < 1.29 is 9.53 Å². The highest BCUT2D eigenvalue weighted by atomic mass is 16.5. The van der Waals surface area contributed by atoms with E-state index < -0.39 is 0 Å². The van der Waals surface area contributed by atoms with Crippen molar-refractivity contribution in [1.82, 2.24) is 5.32 Å². The van der Waals surface area contributed by atoms with Crippen molar-refractivity contribution in [3.63, 3.8) is 0 Å². The van der Waals surface area contributed by atoms with Gasteiger partial charge in [0.1, 0.15) is 0 Å². The molecule has 0 heterocycles. The summed E-state index contributed by atoms with van der Waals surface area (Å²) >= 11 is 0. The zero-order valence-electron chi connectivity index (χ0n) is 11.9. The molecular weight excluding hydrogens is 225 g/mol. The van der Waals surface area contributed by atoms with Crippen LogP contribution in [0.15, 0.2) is 0 Å². The number of carbonyl (C=O) groups is 1. The minimum absolute atomic E-state index is 0.167. The predicted molar refractivity (Wildman–Crippen MR) is 76.3 cm³/mol. The average Bonchev–Trinajstić information content (AvgIpc) is 2.43. The van der Waals surface area contributed by atoms with Gasteiger partial charge in [-0.1, -0.05) is 50.8 Å². The first-order valence-electron chi connectivity index (χ1n) is 7.36. The summed E-state index contributed by atoms with van der Waals surface area (Å²) in [6.07, 6.45) is 11.2. The quantitative estimate of drug-likeness (QED) is 0.783. The first-order valence-corrected chi connectivity index (χ1v) is 7.36. The molecule has 0 aliphatic heterocycles. The van der Waals surface area contributed by atoms with Gasteiger partial charge < -0.3 is 10.1 Å². The fourth-order valence-corrected chi connectivity index (χ4v) is 2.78. The molecule has 0 aromatic heterocycles. The SMILES string of the molecule is CNC1CCCCCCC([B]C(=O)OC)CCC1. The standard InChI is InChI=1S/C14H27BNO2/c1-16-13-10-6-4-3-5-8-12(9-7-11-13)15-14(17)18-2/h12-13,16H,3-11H2,1-2H3. The maximum Gasteiger partial charge on any atom is 0.264 e. The van der Waals surface area contributed by atoms with Gasteiger partial charge in [0.05, 0.1) is 7.11 Å². The second-order valence-electron chi connectivity index (χ2n) is 5.36. The number of ether oxygens (including phenoxy) is 1. The molecule has 3 nitrogen and oxygen atoms in total. The number of rotatable bonds is 3.